The Morgan fingerprint density at radius 3 is 1.79 bits per heavy atom. The van der Waals surface area contributed by atoms with E-state index in [0.717, 1.165) is 0 Å². The lowest BCUT2D eigenvalue weighted by molar-refractivity contribution is -0.139. The number of carbonyl (C=O) groups is 4. The van der Waals surface area contributed by atoms with Gasteiger partial charge in [0.25, 0.3) is 0 Å². The number of rotatable bonds is 2. The molecule has 1 fully saturated rings. The standard InChI is InChI=1S/C4H5NO2.C4H6O3/c6-3-1-2-4(7)5-3;1-3(5)2-4(6)7/h1-2H2,(H,5,6,7);2H2,1H3,(H,6,7). The van der Waals surface area contributed by atoms with Crippen molar-refractivity contribution in [2.75, 3.05) is 0 Å². The number of hydrogen-bond acceptors (Lipinski definition) is 4. The fourth-order valence-corrected chi connectivity index (χ4v) is 0.721. The van der Waals surface area contributed by atoms with Crippen LogP contribution in [0.3, 0.4) is 0 Å². The molecule has 0 unspecified atom stereocenters. The van der Waals surface area contributed by atoms with Crippen LogP contribution in [0.4, 0.5) is 0 Å². The first kappa shape index (κ1) is 12.3. The van der Waals surface area contributed by atoms with E-state index >= 15 is 0 Å². The first-order valence-electron chi connectivity index (χ1n) is 3.95. The van der Waals surface area contributed by atoms with Gasteiger partial charge in [-0.2, -0.15) is 0 Å². The molecule has 0 radical (unpaired) electrons. The maximum Gasteiger partial charge on any atom is 0.310 e. The third kappa shape index (κ3) is 6.96. The zero-order valence-electron chi connectivity index (χ0n) is 7.70. The quantitative estimate of drug-likeness (QED) is 0.462. The summed E-state index contributed by atoms with van der Waals surface area (Å²) in [4.78, 5) is 39.7. The number of nitrogens with one attached hydrogen (secondary N) is 1. The van der Waals surface area contributed by atoms with E-state index in [4.69, 9.17) is 5.11 Å². The number of Topliss-reactive ketones (excluding diaryl/α,β-unsaturated/α-hetero) is 1. The second-order valence-electron chi connectivity index (χ2n) is 2.74. The van der Waals surface area contributed by atoms with Crippen molar-refractivity contribution in [3.63, 3.8) is 0 Å². The van der Waals surface area contributed by atoms with Crippen LogP contribution in [-0.4, -0.2) is 28.7 Å². The van der Waals surface area contributed by atoms with Crippen molar-refractivity contribution in [3.8, 4) is 0 Å². The van der Waals surface area contributed by atoms with E-state index in [-0.39, 0.29) is 24.0 Å². The Hall–Kier alpha value is -1.72. The molecule has 0 aromatic heterocycles. The average Bonchev–Trinajstić information content (AvgIpc) is 2.32. The van der Waals surface area contributed by atoms with Gasteiger partial charge in [-0.1, -0.05) is 0 Å². The van der Waals surface area contributed by atoms with Gasteiger partial charge < -0.3 is 5.11 Å². The molecule has 2 amide bonds. The van der Waals surface area contributed by atoms with Crippen LogP contribution in [0, 0.1) is 0 Å². The van der Waals surface area contributed by atoms with Gasteiger partial charge in [0, 0.05) is 12.8 Å². The number of hydrogen-bond donors (Lipinski definition) is 2. The summed E-state index contributed by atoms with van der Waals surface area (Å²) in [7, 11) is 0. The van der Waals surface area contributed by atoms with Crippen molar-refractivity contribution < 1.29 is 24.3 Å². The second-order valence-corrected chi connectivity index (χ2v) is 2.74. The van der Waals surface area contributed by atoms with Gasteiger partial charge >= 0.3 is 5.97 Å². The number of carboxylic acid groups (broad SMARTS) is 1. The predicted octanol–water partition coefficient (Wildman–Crippen LogP) is -0.527. The van der Waals surface area contributed by atoms with Crippen molar-refractivity contribution in [3.05, 3.63) is 0 Å². The third-order valence-corrected chi connectivity index (χ3v) is 1.26. The van der Waals surface area contributed by atoms with E-state index < -0.39 is 5.97 Å². The number of aliphatic carboxylic acids is 1. The highest BCUT2D eigenvalue weighted by atomic mass is 16.4. The summed E-state index contributed by atoms with van der Waals surface area (Å²) in [6.07, 6.45) is 0.387. The summed E-state index contributed by atoms with van der Waals surface area (Å²) in [5.74, 6) is -1.67. The lowest BCUT2D eigenvalue weighted by atomic mass is 10.3. The molecule has 2 N–H and O–H groups in total. The minimum atomic E-state index is -1.06. The molecule has 6 heteroatoms. The Kier molecular flexibility index (Phi) is 5.13. The van der Waals surface area contributed by atoms with Gasteiger partial charge in [-0.25, -0.2) is 0 Å². The van der Waals surface area contributed by atoms with E-state index in [9.17, 15) is 19.2 Å². The Labute approximate surface area is 80.3 Å². The Bertz CT molecular complexity index is 245. The normalized spacial score (nSPS) is 14.1. The van der Waals surface area contributed by atoms with Gasteiger partial charge in [0.05, 0.1) is 0 Å². The monoisotopic (exact) mass is 201 g/mol. The van der Waals surface area contributed by atoms with Crippen LogP contribution in [0.5, 0.6) is 0 Å². The highest BCUT2D eigenvalue weighted by Crippen LogP contribution is 1.95. The Morgan fingerprint density at radius 1 is 1.29 bits per heavy atom. The molecule has 0 saturated carbocycles. The first-order valence-corrected chi connectivity index (χ1v) is 3.95. The average molecular weight is 201 g/mol. The fraction of sp³-hybridized carbons (Fsp3) is 0.500. The molecular formula is C8H11NO5. The van der Waals surface area contributed by atoms with Crippen molar-refractivity contribution in [2.24, 2.45) is 0 Å². The van der Waals surface area contributed by atoms with Crippen LogP contribution < -0.4 is 5.32 Å². The minimum Gasteiger partial charge on any atom is -0.481 e. The molecule has 0 atom stereocenters. The van der Waals surface area contributed by atoms with Crippen LogP contribution in [-0.2, 0) is 19.2 Å². The summed E-state index contributed by atoms with van der Waals surface area (Å²) in [5, 5.41) is 10.0. The summed E-state index contributed by atoms with van der Waals surface area (Å²) < 4.78 is 0. The molecule has 1 aliphatic rings. The Morgan fingerprint density at radius 2 is 1.71 bits per heavy atom. The predicted molar refractivity (Wildman–Crippen MR) is 45.3 cm³/mol. The topological polar surface area (TPSA) is 101 Å². The van der Waals surface area contributed by atoms with Crippen LogP contribution in [0.15, 0.2) is 0 Å². The van der Waals surface area contributed by atoms with Crippen molar-refractivity contribution in [1.29, 1.82) is 0 Å². The minimum absolute atomic E-state index is 0.148. The molecule has 1 aliphatic heterocycles. The summed E-state index contributed by atoms with van der Waals surface area (Å²) in [5.41, 5.74) is 0. The lowest BCUT2D eigenvalue weighted by Crippen LogP contribution is -2.18. The Balaban J connectivity index is 0.000000241. The first-order chi connectivity index (χ1) is 6.41. The molecule has 6 nitrogen and oxygen atoms in total. The van der Waals surface area contributed by atoms with Crippen molar-refractivity contribution >= 4 is 23.6 Å². The van der Waals surface area contributed by atoms with E-state index in [1.165, 1.54) is 6.92 Å². The SMILES string of the molecule is CC(=O)CC(=O)O.O=C1CCC(=O)N1. The van der Waals surface area contributed by atoms with Gasteiger partial charge in [0.2, 0.25) is 11.8 Å². The molecule has 0 aliphatic carbocycles. The summed E-state index contributed by atoms with van der Waals surface area (Å²) in [6.45, 7) is 1.24. The third-order valence-electron chi connectivity index (χ3n) is 1.26. The van der Waals surface area contributed by atoms with Gasteiger partial charge in [0.1, 0.15) is 12.2 Å². The lowest BCUT2D eigenvalue weighted by Gasteiger charge is -1.80. The van der Waals surface area contributed by atoms with E-state index in [0.29, 0.717) is 12.8 Å². The van der Waals surface area contributed by atoms with Gasteiger partial charge in [-0.3, -0.25) is 24.5 Å². The molecule has 1 saturated heterocycles. The van der Waals surface area contributed by atoms with Crippen molar-refractivity contribution in [1.82, 2.24) is 5.32 Å². The zero-order chi connectivity index (χ0) is 11.1. The zero-order valence-corrected chi connectivity index (χ0v) is 7.70. The maximum absolute atomic E-state index is 10.1. The second kappa shape index (κ2) is 5.85. The molecule has 0 bridgehead atoms. The van der Waals surface area contributed by atoms with Gasteiger partial charge in [0.15, 0.2) is 0 Å². The number of imide groups is 1. The van der Waals surface area contributed by atoms with E-state index in [1.807, 2.05) is 0 Å². The maximum atomic E-state index is 10.1. The van der Waals surface area contributed by atoms with Gasteiger partial charge in [-0.15, -0.1) is 0 Å². The van der Waals surface area contributed by atoms with Crippen LogP contribution in [0.1, 0.15) is 26.2 Å². The van der Waals surface area contributed by atoms with E-state index in [1.54, 1.807) is 0 Å². The molecule has 0 aromatic carbocycles. The highest BCUT2D eigenvalue weighted by Gasteiger charge is 2.15. The van der Waals surface area contributed by atoms with Crippen molar-refractivity contribution in [2.45, 2.75) is 26.2 Å². The van der Waals surface area contributed by atoms with E-state index in [2.05, 4.69) is 5.32 Å². The van der Waals surface area contributed by atoms with Crippen LogP contribution >= 0.6 is 0 Å². The number of carboxylic acids is 1. The molecule has 1 rings (SSSR count). The van der Waals surface area contributed by atoms with Crippen LogP contribution in [0.2, 0.25) is 0 Å². The number of ketones is 1. The summed E-state index contributed by atoms with van der Waals surface area (Å²) in [6, 6.07) is 0. The van der Waals surface area contributed by atoms with Crippen LogP contribution in [0.25, 0.3) is 0 Å². The summed E-state index contributed by atoms with van der Waals surface area (Å²) >= 11 is 0. The molecule has 0 spiro atoms. The molecular weight excluding hydrogens is 190 g/mol. The molecule has 1 heterocycles. The fourth-order valence-electron chi connectivity index (χ4n) is 0.721. The number of carbonyl (C=O) groups excluding carboxylic acids is 3. The molecule has 78 valence electrons. The largest absolute Gasteiger partial charge is 0.481 e. The number of amides is 2. The van der Waals surface area contributed by atoms with Gasteiger partial charge in [-0.05, 0) is 6.92 Å². The molecule has 14 heavy (non-hydrogen) atoms. The molecule has 0 aromatic rings. The smallest absolute Gasteiger partial charge is 0.310 e. The highest BCUT2D eigenvalue weighted by molar-refractivity contribution is 6.01.